The normalized spacial score (nSPS) is 18.6. The maximum absolute atomic E-state index is 13.3. The lowest BCUT2D eigenvalue weighted by atomic mass is 9.97. The molecular formula is C32H41N3O6. The molecule has 4 rings (SSSR count). The van der Waals surface area contributed by atoms with Gasteiger partial charge in [0.15, 0.2) is 0 Å². The molecule has 220 valence electrons. The number of esters is 1. The molecular weight excluding hydrogens is 522 g/mol. The van der Waals surface area contributed by atoms with E-state index in [0.717, 1.165) is 21.4 Å². The summed E-state index contributed by atoms with van der Waals surface area (Å²) >= 11 is 0. The number of nitrogens with zero attached hydrogens (tertiary/aromatic N) is 3. The van der Waals surface area contributed by atoms with Gasteiger partial charge in [-0.25, -0.2) is 19.5 Å². The Labute approximate surface area is 241 Å². The van der Waals surface area contributed by atoms with Crippen LogP contribution in [-0.4, -0.2) is 57.0 Å². The molecule has 2 amide bonds. The van der Waals surface area contributed by atoms with Crippen molar-refractivity contribution in [3.63, 3.8) is 0 Å². The predicted octanol–water partition coefficient (Wildman–Crippen LogP) is 6.80. The van der Waals surface area contributed by atoms with Crippen molar-refractivity contribution in [2.45, 2.75) is 84.3 Å². The molecule has 0 bridgehead atoms. The van der Waals surface area contributed by atoms with Gasteiger partial charge in [-0.05, 0) is 96.6 Å². The van der Waals surface area contributed by atoms with Gasteiger partial charge in [-0.3, -0.25) is 4.79 Å². The van der Waals surface area contributed by atoms with Crippen LogP contribution in [0.2, 0.25) is 0 Å². The van der Waals surface area contributed by atoms with Crippen molar-refractivity contribution < 1.29 is 28.6 Å². The van der Waals surface area contributed by atoms with E-state index in [-0.39, 0.29) is 25.0 Å². The molecule has 0 saturated heterocycles. The van der Waals surface area contributed by atoms with Gasteiger partial charge in [-0.2, -0.15) is 0 Å². The third kappa shape index (κ3) is 7.07. The van der Waals surface area contributed by atoms with E-state index in [1.54, 1.807) is 54.8 Å². The average Bonchev–Trinajstić information content (AvgIpc) is 3.39. The van der Waals surface area contributed by atoms with E-state index >= 15 is 0 Å². The molecule has 1 saturated carbocycles. The first-order chi connectivity index (χ1) is 19.2. The molecule has 0 radical (unpaired) electrons. The van der Waals surface area contributed by atoms with Gasteiger partial charge in [-0.15, -0.1) is 0 Å². The molecule has 1 fully saturated rings. The van der Waals surface area contributed by atoms with Gasteiger partial charge >= 0.3 is 18.2 Å². The van der Waals surface area contributed by atoms with Crippen LogP contribution >= 0.6 is 0 Å². The highest BCUT2D eigenvalue weighted by atomic mass is 16.6. The van der Waals surface area contributed by atoms with Gasteiger partial charge in [0.1, 0.15) is 16.6 Å². The van der Waals surface area contributed by atoms with Crippen molar-refractivity contribution in [2.24, 2.45) is 5.92 Å². The van der Waals surface area contributed by atoms with Crippen molar-refractivity contribution in [3.05, 3.63) is 60.7 Å². The molecule has 1 heterocycles. The summed E-state index contributed by atoms with van der Waals surface area (Å²) in [5.74, 6) is -0.342. The van der Waals surface area contributed by atoms with E-state index in [1.165, 1.54) is 0 Å². The molecule has 1 aliphatic rings. The fraction of sp³-hybridized carbons (Fsp3) is 0.500. The molecule has 2 atom stereocenters. The Balaban J connectivity index is 1.50. The molecule has 9 heteroatoms. The Hall–Kier alpha value is -3.88. The van der Waals surface area contributed by atoms with Crippen LogP contribution in [0, 0.1) is 5.92 Å². The third-order valence-electron chi connectivity index (χ3n) is 6.98. The SMILES string of the molecule is CCOC(=O)[C@]1(c2cn(-c3ccc4ccccc4c3)cn2)C[C@@H]1CCCN(C(=O)OC(C)(C)C)C(=O)OC(C)(C)C. The van der Waals surface area contributed by atoms with E-state index in [9.17, 15) is 14.4 Å². The van der Waals surface area contributed by atoms with Crippen LogP contribution in [-0.2, 0) is 24.4 Å². The summed E-state index contributed by atoms with van der Waals surface area (Å²) < 4.78 is 18.3. The maximum Gasteiger partial charge on any atom is 0.419 e. The number of rotatable bonds is 8. The zero-order valence-electron chi connectivity index (χ0n) is 25.1. The number of carbonyl (C=O) groups is 3. The first-order valence-corrected chi connectivity index (χ1v) is 14.2. The van der Waals surface area contributed by atoms with Crippen LogP contribution in [0.3, 0.4) is 0 Å². The second-order valence-corrected chi connectivity index (χ2v) is 12.5. The first kappa shape index (κ1) is 30.1. The zero-order chi connectivity index (χ0) is 30.0. The molecule has 9 nitrogen and oxygen atoms in total. The lowest BCUT2D eigenvalue weighted by Crippen LogP contribution is -2.44. The Bertz CT molecular complexity index is 1390. The highest BCUT2D eigenvalue weighted by molar-refractivity contribution is 5.88. The zero-order valence-corrected chi connectivity index (χ0v) is 25.1. The van der Waals surface area contributed by atoms with Crippen molar-refractivity contribution in [3.8, 4) is 5.69 Å². The van der Waals surface area contributed by atoms with Crippen LogP contribution < -0.4 is 0 Å². The number of benzene rings is 2. The van der Waals surface area contributed by atoms with Gasteiger partial charge in [0.2, 0.25) is 0 Å². The average molecular weight is 564 g/mol. The van der Waals surface area contributed by atoms with E-state index in [2.05, 4.69) is 29.2 Å². The molecule has 0 unspecified atom stereocenters. The number of aromatic nitrogens is 2. The van der Waals surface area contributed by atoms with Gasteiger partial charge < -0.3 is 18.8 Å². The topological polar surface area (TPSA) is 100.0 Å². The summed E-state index contributed by atoms with van der Waals surface area (Å²) in [5, 5.41) is 2.26. The molecule has 1 aliphatic carbocycles. The van der Waals surface area contributed by atoms with Gasteiger partial charge in [0, 0.05) is 18.4 Å². The van der Waals surface area contributed by atoms with Gasteiger partial charge in [-0.1, -0.05) is 30.3 Å². The van der Waals surface area contributed by atoms with Gasteiger partial charge in [0.25, 0.3) is 0 Å². The Kier molecular flexibility index (Phi) is 8.47. The molecule has 0 spiro atoms. The van der Waals surface area contributed by atoms with Crippen LogP contribution in [0.15, 0.2) is 55.0 Å². The number of fused-ring (bicyclic) bond motifs is 1. The third-order valence-corrected chi connectivity index (χ3v) is 6.98. The first-order valence-electron chi connectivity index (χ1n) is 14.2. The van der Waals surface area contributed by atoms with E-state index in [1.807, 2.05) is 29.0 Å². The van der Waals surface area contributed by atoms with Crippen LogP contribution in [0.5, 0.6) is 0 Å². The Morgan fingerprint density at radius 1 is 0.976 bits per heavy atom. The monoisotopic (exact) mass is 563 g/mol. The smallest absolute Gasteiger partial charge is 0.419 e. The minimum Gasteiger partial charge on any atom is -0.465 e. The number of ether oxygens (including phenoxy) is 3. The summed E-state index contributed by atoms with van der Waals surface area (Å²) in [5.41, 5.74) is -0.789. The molecule has 0 N–H and O–H groups in total. The van der Waals surface area contributed by atoms with Crippen molar-refractivity contribution in [2.75, 3.05) is 13.2 Å². The summed E-state index contributed by atoms with van der Waals surface area (Å²) in [4.78, 5) is 44.6. The lowest BCUT2D eigenvalue weighted by Gasteiger charge is -2.28. The van der Waals surface area contributed by atoms with E-state index in [0.29, 0.717) is 25.0 Å². The van der Waals surface area contributed by atoms with E-state index in [4.69, 9.17) is 14.2 Å². The number of imide groups is 1. The summed E-state index contributed by atoms with van der Waals surface area (Å²) in [6.45, 7) is 12.6. The minimum absolute atomic E-state index is 0.0411. The highest BCUT2D eigenvalue weighted by Gasteiger charge is 2.63. The second kappa shape index (κ2) is 11.5. The number of hydrogen-bond donors (Lipinski definition) is 0. The van der Waals surface area contributed by atoms with Gasteiger partial charge in [0.05, 0.1) is 18.6 Å². The second-order valence-electron chi connectivity index (χ2n) is 12.5. The standard InChI is InChI=1S/C32H41N3O6/c1-8-39-27(36)32(26-20-34(21-33-26)25-16-15-22-12-9-10-13-23(22)18-25)19-24(32)14-11-17-35(28(37)40-30(2,3)4)29(38)41-31(5,6)7/h9-10,12-13,15-16,18,20-21,24H,8,11,14,17,19H2,1-7H3/t24-,32+/m0/s1. The molecule has 41 heavy (non-hydrogen) atoms. The van der Waals surface area contributed by atoms with Crippen molar-refractivity contribution >= 4 is 28.9 Å². The van der Waals surface area contributed by atoms with Crippen molar-refractivity contribution in [1.29, 1.82) is 0 Å². The van der Waals surface area contributed by atoms with Crippen LogP contribution in [0.1, 0.15) is 73.4 Å². The summed E-state index contributed by atoms with van der Waals surface area (Å²) in [6, 6.07) is 14.3. The summed E-state index contributed by atoms with van der Waals surface area (Å²) in [6.07, 6.45) is 3.75. The summed E-state index contributed by atoms with van der Waals surface area (Å²) in [7, 11) is 0. The number of hydrogen-bond acceptors (Lipinski definition) is 7. The highest BCUT2D eigenvalue weighted by Crippen LogP contribution is 2.57. The Morgan fingerprint density at radius 2 is 1.61 bits per heavy atom. The van der Waals surface area contributed by atoms with Crippen LogP contribution in [0.25, 0.3) is 16.5 Å². The Morgan fingerprint density at radius 3 is 2.22 bits per heavy atom. The number of carbonyl (C=O) groups excluding carboxylic acids is 3. The quantitative estimate of drug-likeness (QED) is 0.219. The minimum atomic E-state index is -0.860. The number of imidazole rings is 1. The van der Waals surface area contributed by atoms with E-state index < -0.39 is 28.8 Å². The maximum atomic E-state index is 13.3. The number of amides is 2. The molecule has 3 aromatic rings. The molecule has 2 aromatic carbocycles. The van der Waals surface area contributed by atoms with Crippen molar-refractivity contribution in [1.82, 2.24) is 14.5 Å². The molecule has 0 aliphatic heterocycles. The largest absolute Gasteiger partial charge is 0.465 e. The fourth-order valence-electron chi connectivity index (χ4n) is 5.03. The molecule has 1 aromatic heterocycles. The fourth-order valence-corrected chi connectivity index (χ4v) is 5.03. The van der Waals surface area contributed by atoms with Crippen LogP contribution in [0.4, 0.5) is 9.59 Å². The predicted molar refractivity (Wildman–Crippen MR) is 156 cm³/mol. The lowest BCUT2D eigenvalue weighted by molar-refractivity contribution is -0.146.